The zero-order valence-corrected chi connectivity index (χ0v) is 17.0. The average molecular weight is 383 g/mol. The van der Waals surface area contributed by atoms with Gasteiger partial charge in [-0.25, -0.2) is 14.7 Å². The number of guanidine groups is 1. The van der Waals surface area contributed by atoms with Crippen LogP contribution in [-0.4, -0.2) is 27.3 Å². The van der Waals surface area contributed by atoms with E-state index in [1.54, 1.807) is 17.5 Å². The van der Waals surface area contributed by atoms with Crippen LogP contribution in [0, 0.1) is 13.8 Å². The monoisotopic (exact) mass is 382 g/mol. The Morgan fingerprint density at radius 2 is 2.15 bits per heavy atom. The molecular weight excluding hydrogens is 356 g/mol. The van der Waals surface area contributed by atoms with Crippen LogP contribution in [0.4, 0.5) is 0 Å². The minimum absolute atomic E-state index is 0.114. The molecule has 1 atom stereocenters. The van der Waals surface area contributed by atoms with Crippen molar-refractivity contribution in [2.45, 2.75) is 40.3 Å². The van der Waals surface area contributed by atoms with Gasteiger partial charge in [-0.05, 0) is 51.5 Å². The molecule has 142 valence electrons. The Kier molecular flexibility index (Phi) is 6.24. The maximum atomic E-state index is 4.74. The van der Waals surface area contributed by atoms with E-state index < -0.39 is 0 Å². The van der Waals surface area contributed by atoms with Crippen LogP contribution in [0.2, 0.25) is 0 Å². The first-order chi connectivity index (χ1) is 13.1. The van der Waals surface area contributed by atoms with Gasteiger partial charge in [0.15, 0.2) is 5.96 Å². The van der Waals surface area contributed by atoms with Crippen molar-refractivity contribution in [3.05, 3.63) is 63.9 Å². The van der Waals surface area contributed by atoms with E-state index in [2.05, 4.69) is 58.8 Å². The molecule has 0 radical (unpaired) electrons. The highest BCUT2D eigenvalue weighted by molar-refractivity contribution is 7.11. The molecule has 0 fully saturated rings. The molecule has 7 heteroatoms. The summed E-state index contributed by atoms with van der Waals surface area (Å²) in [4.78, 5) is 10.4. The van der Waals surface area contributed by atoms with Crippen molar-refractivity contribution in [1.82, 2.24) is 25.4 Å². The molecular formula is C20H26N6S. The number of rotatable bonds is 6. The highest BCUT2D eigenvalue weighted by Crippen LogP contribution is 2.19. The average Bonchev–Trinajstić information content (AvgIpc) is 3.29. The lowest BCUT2D eigenvalue weighted by molar-refractivity contribution is 0.685. The molecule has 0 spiro atoms. The Morgan fingerprint density at radius 3 is 2.81 bits per heavy atom. The van der Waals surface area contributed by atoms with Gasteiger partial charge in [0.2, 0.25) is 0 Å². The largest absolute Gasteiger partial charge is 0.357 e. The summed E-state index contributed by atoms with van der Waals surface area (Å²) in [5.74, 6) is 0.806. The number of nitrogens with one attached hydrogen (secondary N) is 2. The van der Waals surface area contributed by atoms with E-state index in [-0.39, 0.29) is 6.04 Å². The number of benzene rings is 1. The van der Waals surface area contributed by atoms with Crippen LogP contribution >= 0.6 is 11.3 Å². The van der Waals surface area contributed by atoms with Gasteiger partial charge in [0.25, 0.3) is 0 Å². The molecule has 2 heterocycles. The minimum Gasteiger partial charge on any atom is -0.357 e. The third-order valence-electron chi connectivity index (χ3n) is 4.22. The molecule has 6 nitrogen and oxygen atoms in total. The first-order valence-electron chi connectivity index (χ1n) is 9.14. The van der Waals surface area contributed by atoms with Crippen LogP contribution in [0.15, 0.2) is 47.7 Å². The maximum absolute atomic E-state index is 4.74. The van der Waals surface area contributed by atoms with Gasteiger partial charge < -0.3 is 10.6 Å². The van der Waals surface area contributed by atoms with E-state index in [4.69, 9.17) is 4.99 Å². The molecule has 3 rings (SSSR count). The molecule has 0 amide bonds. The van der Waals surface area contributed by atoms with Gasteiger partial charge in [0.1, 0.15) is 0 Å². The highest BCUT2D eigenvalue weighted by atomic mass is 32.1. The van der Waals surface area contributed by atoms with Gasteiger partial charge in [0, 0.05) is 23.8 Å². The lowest BCUT2D eigenvalue weighted by atomic mass is 10.1. The van der Waals surface area contributed by atoms with Crippen molar-refractivity contribution >= 4 is 17.3 Å². The maximum Gasteiger partial charge on any atom is 0.192 e. The summed E-state index contributed by atoms with van der Waals surface area (Å²) in [5, 5.41) is 12.2. The van der Waals surface area contributed by atoms with E-state index >= 15 is 0 Å². The Balaban J connectivity index is 1.73. The second-order valence-electron chi connectivity index (χ2n) is 6.35. The zero-order valence-electron chi connectivity index (χ0n) is 16.2. The summed E-state index contributed by atoms with van der Waals surface area (Å²) in [5.41, 5.74) is 3.29. The van der Waals surface area contributed by atoms with E-state index in [1.165, 1.54) is 10.4 Å². The number of hydrogen-bond donors (Lipinski definition) is 2. The molecule has 0 aliphatic heterocycles. The minimum atomic E-state index is 0.114. The fourth-order valence-electron chi connectivity index (χ4n) is 2.84. The summed E-state index contributed by atoms with van der Waals surface area (Å²) in [6, 6.07) is 10.4. The van der Waals surface area contributed by atoms with Crippen molar-refractivity contribution in [3.8, 4) is 5.69 Å². The van der Waals surface area contributed by atoms with Crippen molar-refractivity contribution < 1.29 is 0 Å². The predicted octanol–water partition coefficient (Wildman–Crippen LogP) is 3.76. The molecule has 0 bridgehead atoms. The van der Waals surface area contributed by atoms with Gasteiger partial charge in [-0.15, -0.1) is 11.3 Å². The van der Waals surface area contributed by atoms with Crippen molar-refractivity contribution in [1.29, 1.82) is 0 Å². The van der Waals surface area contributed by atoms with Crippen LogP contribution in [0.1, 0.15) is 41.0 Å². The normalized spacial score (nSPS) is 12.8. The van der Waals surface area contributed by atoms with Gasteiger partial charge >= 0.3 is 0 Å². The molecule has 0 aliphatic rings. The summed E-state index contributed by atoms with van der Waals surface area (Å²) >= 11 is 1.71. The summed E-state index contributed by atoms with van der Waals surface area (Å²) in [6.45, 7) is 9.72. The third-order valence-corrected chi connectivity index (χ3v) is 5.27. The van der Waals surface area contributed by atoms with Gasteiger partial charge in [-0.2, -0.15) is 5.10 Å². The van der Waals surface area contributed by atoms with E-state index in [0.717, 1.165) is 28.9 Å². The highest BCUT2D eigenvalue weighted by Gasteiger charge is 2.10. The van der Waals surface area contributed by atoms with E-state index in [0.29, 0.717) is 6.54 Å². The van der Waals surface area contributed by atoms with Gasteiger partial charge in [-0.3, -0.25) is 0 Å². The molecule has 1 unspecified atom stereocenters. The van der Waals surface area contributed by atoms with Gasteiger partial charge in [-0.1, -0.05) is 12.1 Å². The van der Waals surface area contributed by atoms with Crippen LogP contribution in [0.5, 0.6) is 0 Å². The summed E-state index contributed by atoms with van der Waals surface area (Å²) in [7, 11) is 0. The first-order valence-corrected chi connectivity index (χ1v) is 9.96. The lowest BCUT2D eigenvalue weighted by Crippen LogP contribution is -2.38. The van der Waals surface area contributed by atoms with Crippen LogP contribution in [0.25, 0.3) is 5.69 Å². The fourth-order valence-corrected chi connectivity index (χ4v) is 3.70. The second-order valence-corrected chi connectivity index (χ2v) is 7.64. The van der Waals surface area contributed by atoms with E-state index in [9.17, 15) is 0 Å². The predicted molar refractivity (Wildman–Crippen MR) is 112 cm³/mol. The molecule has 0 aliphatic carbocycles. The molecule has 0 saturated heterocycles. The number of hydrogen-bond acceptors (Lipinski definition) is 4. The van der Waals surface area contributed by atoms with Gasteiger partial charge in [0.05, 0.1) is 29.0 Å². The smallest absolute Gasteiger partial charge is 0.192 e. The number of aryl methyl sites for hydroxylation is 2. The molecule has 0 saturated carbocycles. The quantitative estimate of drug-likeness (QED) is 0.503. The number of aliphatic imine (C=N–C) groups is 1. The van der Waals surface area contributed by atoms with Crippen molar-refractivity contribution in [2.75, 3.05) is 6.54 Å². The molecule has 27 heavy (non-hydrogen) atoms. The van der Waals surface area contributed by atoms with Crippen LogP contribution in [-0.2, 0) is 6.54 Å². The molecule has 3 aromatic rings. The van der Waals surface area contributed by atoms with Crippen molar-refractivity contribution in [2.24, 2.45) is 4.99 Å². The molecule has 2 aromatic heterocycles. The Bertz CT molecular complexity index is 897. The summed E-state index contributed by atoms with van der Waals surface area (Å²) in [6.07, 6.45) is 3.73. The van der Waals surface area contributed by atoms with E-state index in [1.807, 2.05) is 30.8 Å². The first kappa shape index (κ1) is 19.1. The second kappa shape index (κ2) is 8.81. The zero-order chi connectivity index (χ0) is 19.2. The number of nitrogens with zero attached hydrogens (tertiary/aromatic N) is 4. The standard InChI is InChI=1S/C20H26N6S/c1-5-21-20(22-13-19-15(3)24-16(4)27-19)25-14(2)17-8-6-9-18(12-17)26-11-7-10-23-26/h6-12,14H,5,13H2,1-4H3,(H2,21,22,25). The number of aromatic nitrogens is 3. The van der Waals surface area contributed by atoms with Crippen LogP contribution in [0.3, 0.4) is 0 Å². The van der Waals surface area contributed by atoms with Crippen molar-refractivity contribution in [3.63, 3.8) is 0 Å². The lowest BCUT2D eigenvalue weighted by Gasteiger charge is -2.19. The Hall–Kier alpha value is -2.67. The SMILES string of the molecule is CCNC(=NCc1sc(C)nc1C)NC(C)c1cccc(-n2cccn2)c1. The third kappa shape index (κ3) is 4.95. The van der Waals surface area contributed by atoms with Crippen LogP contribution < -0.4 is 10.6 Å². The molecule has 2 N–H and O–H groups in total. The fraction of sp³-hybridized carbons (Fsp3) is 0.350. The summed E-state index contributed by atoms with van der Waals surface area (Å²) < 4.78 is 1.87. The molecule has 1 aromatic carbocycles. The Morgan fingerprint density at radius 1 is 1.30 bits per heavy atom. The Labute approximate surface area is 164 Å². The number of thiazole rings is 1. The topological polar surface area (TPSA) is 67.1 Å².